The molecule has 1 aliphatic carbocycles. The summed E-state index contributed by atoms with van der Waals surface area (Å²) in [4.78, 5) is 12.2. The standard InChI is InChI=1S/C18H19N3OS/c22-17(9-12-3-1-2-4-12)19-18-15-6-5-13(10-16(15)20-21-18)14-7-8-23-11-14/h5-8,10-12H,1-4,9H2,(H2,19,20,21,22). The number of hydrogen-bond donors (Lipinski definition) is 2. The maximum absolute atomic E-state index is 12.2. The van der Waals surface area contributed by atoms with Gasteiger partial charge in [-0.2, -0.15) is 16.4 Å². The Morgan fingerprint density at radius 2 is 2.13 bits per heavy atom. The highest BCUT2D eigenvalue weighted by Gasteiger charge is 2.19. The molecule has 0 spiro atoms. The quantitative estimate of drug-likeness (QED) is 0.723. The molecule has 0 radical (unpaired) electrons. The van der Waals surface area contributed by atoms with Crippen molar-refractivity contribution < 1.29 is 4.79 Å². The molecule has 1 aliphatic rings. The van der Waals surface area contributed by atoms with Crippen molar-refractivity contribution in [2.45, 2.75) is 32.1 Å². The highest BCUT2D eigenvalue weighted by atomic mass is 32.1. The summed E-state index contributed by atoms with van der Waals surface area (Å²) in [6.07, 6.45) is 5.49. The number of nitrogens with zero attached hydrogens (tertiary/aromatic N) is 1. The van der Waals surface area contributed by atoms with E-state index >= 15 is 0 Å². The third-order valence-corrected chi connectivity index (χ3v) is 5.31. The van der Waals surface area contributed by atoms with Gasteiger partial charge in [0.15, 0.2) is 5.82 Å². The van der Waals surface area contributed by atoms with Crippen molar-refractivity contribution in [3.05, 3.63) is 35.0 Å². The largest absolute Gasteiger partial charge is 0.309 e. The number of aromatic amines is 1. The average molecular weight is 325 g/mol. The summed E-state index contributed by atoms with van der Waals surface area (Å²) in [6, 6.07) is 8.28. The van der Waals surface area contributed by atoms with Gasteiger partial charge < -0.3 is 5.32 Å². The summed E-state index contributed by atoms with van der Waals surface area (Å²) >= 11 is 1.69. The van der Waals surface area contributed by atoms with Crippen LogP contribution >= 0.6 is 11.3 Å². The van der Waals surface area contributed by atoms with E-state index in [1.165, 1.54) is 31.2 Å². The molecule has 0 saturated heterocycles. The molecule has 118 valence electrons. The molecule has 0 aliphatic heterocycles. The first-order valence-corrected chi connectivity index (χ1v) is 9.04. The van der Waals surface area contributed by atoms with Gasteiger partial charge in [0.2, 0.25) is 5.91 Å². The topological polar surface area (TPSA) is 57.8 Å². The van der Waals surface area contributed by atoms with Gasteiger partial charge in [0.05, 0.1) is 5.52 Å². The molecule has 5 heteroatoms. The van der Waals surface area contributed by atoms with Crippen LogP contribution in [0.3, 0.4) is 0 Å². The van der Waals surface area contributed by atoms with Crippen LogP contribution < -0.4 is 5.32 Å². The van der Waals surface area contributed by atoms with Crippen molar-refractivity contribution in [3.63, 3.8) is 0 Å². The first kappa shape index (κ1) is 14.5. The highest BCUT2D eigenvalue weighted by molar-refractivity contribution is 7.08. The zero-order valence-electron chi connectivity index (χ0n) is 12.8. The number of amides is 1. The van der Waals surface area contributed by atoms with Crippen LogP contribution in [0, 0.1) is 5.92 Å². The maximum Gasteiger partial charge on any atom is 0.225 e. The second-order valence-electron chi connectivity index (χ2n) is 6.25. The fourth-order valence-electron chi connectivity index (χ4n) is 3.38. The third-order valence-electron chi connectivity index (χ3n) is 4.62. The number of benzene rings is 1. The molecule has 2 heterocycles. The Bertz CT molecular complexity index is 816. The lowest BCUT2D eigenvalue weighted by Crippen LogP contribution is -2.15. The van der Waals surface area contributed by atoms with Gasteiger partial charge in [-0.05, 0) is 58.8 Å². The van der Waals surface area contributed by atoms with Crippen molar-refractivity contribution in [1.29, 1.82) is 0 Å². The average Bonchev–Trinajstić information content (AvgIpc) is 3.28. The van der Waals surface area contributed by atoms with Crippen LogP contribution in [0.25, 0.3) is 22.0 Å². The maximum atomic E-state index is 12.2. The molecule has 1 aromatic carbocycles. The van der Waals surface area contributed by atoms with Gasteiger partial charge in [-0.1, -0.05) is 18.9 Å². The summed E-state index contributed by atoms with van der Waals surface area (Å²) in [7, 11) is 0. The molecule has 1 saturated carbocycles. The number of anilines is 1. The Balaban J connectivity index is 1.53. The van der Waals surface area contributed by atoms with Crippen molar-refractivity contribution in [3.8, 4) is 11.1 Å². The minimum atomic E-state index is 0.0761. The molecule has 0 unspecified atom stereocenters. The van der Waals surface area contributed by atoms with Gasteiger partial charge in [-0.3, -0.25) is 9.89 Å². The fourth-order valence-corrected chi connectivity index (χ4v) is 4.05. The minimum Gasteiger partial charge on any atom is -0.309 e. The SMILES string of the molecule is O=C(CC1CCCC1)Nc1n[nH]c2cc(-c3ccsc3)ccc12. The summed E-state index contributed by atoms with van der Waals surface area (Å²) in [6.45, 7) is 0. The van der Waals surface area contributed by atoms with Gasteiger partial charge in [0.1, 0.15) is 0 Å². The van der Waals surface area contributed by atoms with Crippen molar-refractivity contribution >= 4 is 34.0 Å². The molecular weight excluding hydrogens is 306 g/mol. The summed E-state index contributed by atoms with van der Waals surface area (Å²) in [5, 5.41) is 15.4. The molecule has 4 nitrogen and oxygen atoms in total. The molecule has 0 atom stereocenters. The first-order valence-electron chi connectivity index (χ1n) is 8.10. The molecule has 2 N–H and O–H groups in total. The van der Waals surface area contributed by atoms with Gasteiger partial charge in [0, 0.05) is 11.8 Å². The molecule has 4 rings (SSSR count). The van der Waals surface area contributed by atoms with E-state index in [2.05, 4.69) is 44.5 Å². The first-order chi connectivity index (χ1) is 11.3. The number of nitrogens with one attached hydrogen (secondary N) is 2. The van der Waals surface area contributed by atoms with Crippen molar-refractivity contribution in [2.75, 3.05) is 5.32 Å². The van der Waals surface area contributed by atoms with E-state index in [0.717, 1.165) is 16.5 Å². The van der Waals surface area contributed by atoms with Crippen LogP contribution in [-0.2, 0) is 4.79 Å². The predicted octanol–water partition coefficient (Wildman–Crippen LogP) is 4.81. The third kappa shape index (κ3) is 3.01. The fraction of sp³-hybridized carbons (Fsp3) is 0.333. The van der Waals surface area contributed by atoms with E-state index in [0.29, 0.717) is 18.2 Å². The number of rotatable bonds is 4. The van der Waals surface area contributed by atoms with Crippen LogP contribution in [0.5, 0.6) is 0 Å². The Hall–Kier alpha value is -2.14. The van der Waals surface area contributed by atoms with E-state index in [9.17, 15) is 4.79 Å². The van der Waals surface area contributed by atoms with Crippen LogP contribution in [0.4, 0.5) is 5.82 Å². The van der Waals surface area contributed by atoms with Crippen LogP contribution in [0.15, 0.2) is 35.0 Å². The van der Waals surface area contributed by atoms with Crippen LogP contribution in [0.1, 0.15) is 32.1 Å². The lowest BCUT2D eigenvalue weighted by Gasteiger charge is -2.08. The van der Waals surface area contributed by atoms with Crippen molar-refractivity contribution in [1.82, 2.24) is 10.2 Å². The molecule has 2 aromatic heterocycles. The van der Waals surface area contributed by atoms with E-state index in [1.54, 1.807) is 11.3 Å². The molecule has 1 amide bonds. The van der Waals surface area contributed by atoms with Crippen LogP contribution in [0.2, 0.25) is 0 Å². The Kier molecular flexibility index (Phi) is 3.87. The number of thiophene rings is 1. The van der Waals surface area contributed by atoms with Crippen LogP contribution in [-0.4, -0.2) is 16.1 Å². The van der Waals surface area contributed by atoms with E-state index < -0.39 is 0 Å². The number of fused-ring (bicyclic) bond motifs is 1. The molecule has 1 fully saturated rings. The van der Waals surface area contributed by atoms with E-state index in [1.807, 2.05) is 6.07 Å². The minimum absolute atomic E-state index is 0.0761. The van der Waals surface area contributed by atoms with E-state index in [4.69, 9.17) is 0 Å². The highest BCUT2D eigenvalue weighted by Crippen LogP contribution is 2.30. The number of aromatic nitrogens is 2. The molecule has 23 heavy (non-hydrogen) atoms. The molecular formula is C18H19N3OS. The second kappa shape index (κ2) is 6.16. The van der Waals surface area contributed by atoms with Crippen molar-refractivity contribution in [2.24, 2.45) is 5.92 Å². The number of carbonyl (C=O) groups excluding carboxylic acids is 1. The number of H-pyrrole nitrogens is 1. The smallest absolute Gasteiger partial charge is 0.225 e. The summed E-state index contributed by atoms with van der Waals surface area (Å²) < 4.78 is 0. The van der Waals surface area contributed by atoms with Gasteiger partial charge in [0.25, 0.3) is 0 Å². The lowest BCUT2D eigenvalue weighted by atomic mass is 10.0. The van der Waals surface area contributed by atoms with Gasteiger partial charge in [-0.25, -0.2) is 0 Å². The normalized spacial score (nSPS) is 15.3. The summed E-state index contributed by atoms with van der Waals surface area (Å²) in [5.74, 6) is 1.26. The Morgan fingerprint density at radius 3 is 2.91 bits per heavy atom. The lowest BCUT2D eigenvalue weighted by molar-refractivity contribution is -0.117. The Morgan fingerprint density at radius 1 is 1.26 bits per heavy atom. The number of hydrogen-bond acceptors (Lipinski definition) is 3. The van der Waals surface area contributed by atoms with E-state index in [-0.39, 0.29) is 5.91 Å². The zero-order valence-corrected chi connectivity index (χ0v) is 13.7. The molecule has 0 bridgehead atoms. The predicted molar refractivity (Wildman–Crippen MR) is 94.6 cm³/mol. The Labute approximate surface area is 138 Å². The molecule has 3 aromatic rings. The zero-order chi connectivity index (χ0) is 15.6. The second-order valence-corrected chi connectivity index (χ2v) is 7.03. The van der Waals surface area contributed by atoms with Gasteiger partial charge in [-0.15, -0.1) is 0 Å². The van der Waals surface area contributed by atoms with Gasteiger partial charge >= 0.3 is 0 Å². The number of carbonyl (C=O) groups is 1. The monoisotopic (exact) mass is 325 g/mol. The summed E-state index contributed by atoms with van der Waals surface area (Å²) in [5.41, 5.74) is 3.31.